The van der Waals surface area contributed by atoms with Crippen LogP contribution in [0.5, 0.6) is 0 Å². The lowest BCUT2D eigenvalue weighted by Gasteiger charge is -2.10. The highest BCUT2D eigenvalue weighted by Gasteiger charge is 2.08. The van der Waals surface area contributed by atoms with E-state index < -0.39 is 6.10 Å². The fourth-order valence-electron chi connectivity index (χ4n) is 0.834. The first-order valence-electron chi connectivity index (χ1n) is 3.87. The number of rotatable bonds is 3. The molecule has 1 unspecified atom stereocenters. The fourth-order valence-corrected chi connectivity index (χ4v) is 0.834. The normalized spacial score (nSPS) is 15.7. The van der Waals surface area contributed by atoms with Crippen LogP contribution in [-0.4, -0.2) is 17.0 Å². The van der Waals surface area contributed by atoms with Gasteiger partial charge in [-0.25, -0.2) is 0 Å². The Morgan fingerprint density at radius 2 is 1.82 bits per heavy atom. The molecule has 0 aromatic carbocycles. The molecule has 0 bridgehead atoms. The Bertz CT molecular complexity index is 180. The fraction of sp³-hybridized carbons (Fsp3) is 0.667. The third-order valence-electron chi connectivity index (χ3n) is 2.01. The molecule has 0 aliphatic rings. The lowest BCUT2D eigenvalue weighted by atomic mass is 10.0. The molecule has 0 aliphatic carbocycles. The molecule has 0 radical (unpaired) electrons. The van der Waals surface area contributed by atoms with Crippen molar-refractivity contribution >= 4 is 5.78 Å². The molecule has 0 rings (SSSR count). The second-order valence-electron chi connectivity index (χ2n) is 2.79. The molecule has 11 heavy (non-hydrogen) atoms. The van der Waals surface area contributed by atoms with E-state index in [0.29, 0.717) is 12.0 Å². The summed E-state index contributed by atoms with van der Waals surface area (Å²) in [6.07, 6.45) is 0.204. The number of aliphatic hydroxyl groups is 1. The zero-order valence-electron chi connectivity index (χ0n) is 7.64. The molecule has 0 amide bonds. The lowest BCUT2D eigenvalue weighted by molar-refractivity contribution is -0.113. The first-order valence-corrected chi connectivity index (χ1v) is 3.87. The van der Waals surface area contributed by atoms with E-state index in [0.717, 1.165) is 5.57 Å². The quantitative estimate of drug-likeness (QED) is 0.631. The molecular weight excluding hydrogens is 140 g/mol. The standard InChI is InChI=1S/C9H16O2/c1-5-9(11)7(3)6(2)8(4)10/h9,11H,5H2,1-4H3. The Labute approximate surface area is 67.9 Å². The summed E-state index contributed by atoms with van der Waals surface area (Å²) in [6.45, 7) is 6.95. The summed E-state index contributed by atoms with van der Waals surface area (Å²) in [7, 11) is 0. The topological polar surface area (TPSA) is 37.3 Å². The molecule has 0 aromatic rings. The van der Waals surface area contributed by atoms with E-state index in [1.54, 1.807) is 13.8 Å². The Kier molecular flexibility index (Phi) is 4.04. The zero-order valence-corrected chi connectivity index (χ0v) is 7.64. The highest BCUT2D eigenvalue weighted by atomic mass is 16.3. The number of aliphatic hydroxyl groups excluding tert-OH is 1. The lowest BCUT2D eigenvalue weighted by Crippen LogP contribution is -2.10. The van der Waals surface area contributed by atoms with Crippen LogP contribution in [0.1, 0.15) is 34.1 Å². The smallest absolute Gasteiger partial charge is 0.155 e. The van der Waals surface area contributed by atoms with Crippen LogP contribution < -0.4 is 0 Å². The molecule has 0 saturated heterocycles. The molecule has 2 heteroatoms. The zero-order chi connectivity index (χ0) is 9.02. The van der Waals surface area contributed by atoms with Crippen molar-refractivity contribution in [3.05, 3.63) is 11.1 Å². The highest BCUT2D eigenvalue weighted by Crippen LogP contribution is 2.11. The minimum atomic E-state index is -0.459. The van der Waals surface area contributed by atoms with Crippen LogP contribution >= 0.6 is 0 Å². The predicted octanol–water partition coefficient (Wildman–Crippen LogP) is 1.68. The average molecular weight is 156 g/mol. The number of carbonyl (C=O) groups excluding carboxylic acids is 1. The second-order valence-corrected chi connectivity index (χ2v) is 2.79. The van der Waals surface area contributed by atoms with Gasteiger partial charge in [0.05, 0.1) is 6.10 Å². The molecule has 0 aliphatic heterocycles. The van der Waals surface area contributed by atoms with Gasteiger partial charge in [-0.2, -0.15) is 0 Å². The van der Waals surface area contributed by atoms with Gasteiger partial charge in [-0.15, -0.1) is 0 Å². The van der Waals surface area contributed by atoms with Crippen LogP contribution in [-0.2, 0) is 4.79 Å². The first-order chi connectivity index (χ1) is 5.00. The van der Waals surface area contributed by atoms with E-state index >= 15 is 0 Å². The summed E-state index contributed by atoms with van der Waals surface area (Å²) >= 11 is 0. The van der Waals surface area contributed by atoms with Gasteiger partial charge in [-0.3, -0.25) is 4.79 Å². The number of carbonyl (C=O) groups is 1. The Morgan fingerprint density at radius 3 is 2.09 bits per heavy atom. The summed E-state index contributed by atoms with van der Waals surface area (Å²) in [5, 5.41) is 9.34. The van der Waals surface area contributed by atoms with Crippen LogP contribution in [0, 0.1) is 0 Å². The van der Waals surface area contributed by atoms with Crippen LogP contribution in [0.3, 0.4) is 0 Å². The van der Waals surface area contributed by atoms with E-state index in [9.17, 15) is 9.90 Å². The van der Waals surface area contributed by atoms with E-state index in [-0.39, 0.29) is 5.78 Å². The summed E-state index contributed by atoms with van der Waals surface area (Å²) < 4.78 is 0. The van der Waals surface area contributed by atoms with Gasteiger partial charge in [-0.05, 0) is 38.3 Å². The highest BCUT2D eigenvalue weighted by molar-refractivity contribution is 5.93. The van der Waals surface area contributed by atoms with Gasteiger partial charge in [-0.1, -0.05) is 6.92 Å². The van der Waals surface area contributed by atoms with Gasteiger partial charge in [0.15, 0.2) is 5.78 Å². The van der Waals surface area contributed by atoms with Gasteiger partial charge in [0, 0.05) is 0 Å². The van der Waals surface area contributed by atoms with Crippen LogP contribution in [0.2, 0.25) is 0 Å². The largest absolute Gasteiger partial charge is 0.389 e. The molecule has 1 N–H and O–H groups in total. The van der Waals surface area contributed by atoms with Crippen molar-refractivity contribution in [3.63, 3.8) is 0 Å². The Hall–Kier alpha value is -0.630. The van der Waals surface area contributed by atoms with E-state index in [1.807, 2.05) is 6.92 Å². The average Bonchev–Trinajstić information content (AvgIpc) is 2.00. The second kappa shape index (κ2) is 4.29. The maximum absolute atomic E-state index is 10.8. The van der Waals surface area contributed by atoms with Gasteiger partial charge < -0.3 is 5.11 Å². The van der Waals surface area contributed by atoms with Crippen molar-refractivity contribution in [2.75, 3.05) is 0 Å². The summed E-state index contributed by atoms with van der Waals surface area (Å²) in [5.74, 6) is 0.0370. The summed E-state index contributed by atoms with van der Waals surface area (Å²) in [5.41, 5.74) is 1.47. The number of allylic oxidation sites excluding steroid dienone is 1. The maximum Gasteiger partial charge on any atom is 0.155 e. The minimum absolute atomic E-state index is 0.0370. The van der Waals surface area contributed by atoms with E-state index in [2.05, 4.69) is 0 Å². The molecule has 0 heterocycles. The maximum atomic E-state index is 10.8. The molecule has 1 atom stereocenters. The van der Waals surface area contributed by atoms with Crippen molar-refractivity contribution in [3.8, 4) is 0 Å². The molecule has 0 aromatic heterocycles. The molecule has 0 saturated carbocycles. The number of ketones is 1. The van der Waals surface area contributed by atoms with Crippen LogP contribution in [0.25, 0.3) is 0 Å². The van der Waals surface area contributed by atoms with E-state index in [4.69, 9.17) is 0 Å². The van der Waals surface area contributed by atoms with Crippen LogP contribution in [0.15, 0.2) is 11.1 Å². The predicted molar refractivity (Wildman–Crippen MR) is 45.4 cm³/mol. The molecule has 0 spiro atoms. The van der Waals surface area contributed by atoms with Gasteiger partial charge in [0.1, 0.15) is 0 Å². The third-order valence-corrected chi connectivity index (χ3v) is 2.01. The molecule has 0 fully saturated rings. The number of hydrogen-bond donors (Lipinski definition) is 1. The summed E-state index contributed by atoms with van der Waals surface area (Å²) in [6, 6.07) is 0. The van der Waals surface area contributed by atoms with E-state index in [1.165, 1.54) is 6.92 Å². The molecule has 2 nitrogen and oxygen atoms in total. The van der Waals surface area contributed by atoms with Gasteiger partial charge >= 0.3 is 0 Å². The number of Topliss-reactive ketones (excluding diaryl/α,β-unsaturated/α-hetero) is 1. The number of hydrogen-bond acceptors (Lipinski definition) is 2. The molecular formula is C9H16O2. The minimum Gasteiger partial charge on any atom is -0.389 e. The SMILES string of the molecule is CCC(O)C(C)=C(C)C(C)=O. The Balaban J connectivity index is 4.51. The van der Waals surface area contributed by atoms with Crippen molar-refractivity contribution in [1.29, 1.82) is 0 Å². The monoisotopic (exact) mass is 156 g/mol. The van der Waals surface area contributed by atoms with Crippen molar-refractivity contribution in [1.82, 2.24) is 0 Å². The van der Waals surface area contributed by atoms with Gasteiger partial charge in [0.2, 0.25) is 0 Å². The van der Waals surface area contributed by atoms with Gasteiger partial charge in [0.25, 0.3) is 0 Å². The molecule has 64 valence electrons. The van der Waals surface area contributed by atoms with Crippen molar-refractivity contribution in [2.24, 2.45) is 0 Å². The van der Waals surface area contributed by atoms with Crippen LogP contribution in [0.4, 0.5) is 0 Å². The van der Waals surface area contributed by atoms with Crippen molar-refractivity contribution in [2.45, 2.75) is 40.2 Å². The third kappa shape index (κ3) is 2.85. The first kappa shape index (κ1) is 10.4. The Morgan fingerprint density at radius 1 is 1.36 bits per heavy atom. The summed E-state index contributed by atoms with van der Waals surface area (Å²) in [4.78, 5) is 10.8. The van der Waals surface area contributed by atoms with Crippen molar-refractivity contribution < 1.29 is 9.90 Å².